The second-order valence-corrected chi connectivity index (χ2v) is 6.04. The van der Waals surface area contributed by atoms with E-state index in [0.29, 0.717) is 48.9 Å². The Morgan fingerprint density at radius 1 is 1.42 bits per heavy atom. The Morgan fingerprint density at radius 2 is 2.25 bits per heavy atom. The summed E-state index contributed by atoms with van der Waals surface area (Å²) in [4.78, 5) is 12.6. The number of carbonyl (C=O) groups excluding carboxylic acids is 1. The number of hydrogen-bond acceptors (Lipinski definition) is 6. The number of rotatable bonds is 3. The molecule has 1 aromatic rings. The zero-order valence-electron chi connectivity index (χ0n) is 13.4. The van der Waals surface area contributed by atoms with Gasteiger partial charge in [-0.25, -0.2) is 0 Å². The van der Waals surface area contributed by atoms with Crippen LogP contribution < -0.4 is 20.1 Å². The van der Waals surface area contributed by atoms with Crippen molar-refractivity contribution >= 4 is 5.91 Å². The largest absolute Gasteiger partial charge is 0.489 e. The van der Waals surface area contributed by atoms with Crippen molar-refractivity contribution in [1.82, 2.24) is 10.6 Å². The molecule has 7 nitrogen and oxygen atoms in total. The molecule has 2 heterocycles. The standard InChI is InChI=1S/C17H21N3O4/c18-8-11-6-13(16-15(7-11)23-4-1-5-24-16)17(22)20-9-12-2-3-19-10-14(12)21/h6-7,12,14,19,21H,1-5,9-10H2,(H,20,22)/t12-,14?/m0/s1. The van der Waals surface area contributed by atoms with E-state index >= 15 is 0 Å². The summed E-state index contributed by atoms with van der Waals surface area (Å²) in [7, 11) is 0. The Morgan fingerprint density at radius 3 is 3.04 bits per heavy atom. The molecule has 1 aromatic carbocycles. The van der Waals surface area contributed by atoms with Gasteiger partial charge in [0.2, 0.25) is 0 Å². The number of fused-ring (bicyclic) bond motifs is 1. The number of ether oxygens (including phenoxy) is 2. The average Bonchev–Trinajstić information content (AvgIpc) is 2.85. The molecule has 0 aromatic heterocycles. The van der Waals surface area contributed by atoms with Crippen molar-refractivity contribution in [2.75, 3.05) is 32.8 Å². The van der Waals surface area contributed by atoms with Crippen molar-refractivity contribution in [3.8, 4) is 17.6 Å². The van der Waals surface area contributed by atoms with Crippen molar-refractivity contribution in [3.63, 3.8) is 0 Å². The molecular formula is C17H21N3O4. The molecule has 1 unspecified atom stereocenters. The van der Waals surface area contributed by atoms with Gasteiger partial charge in [0.15, 0.2) is 11.5 Å². The molecule has 0 spiro atoms. The number of amides is 1. The quantitative estimate of drug-likeness (QED) is 0.742. The Hall–Kier alpha value is -2.30. The van der Waals surface area contributed by atoms with E-state index in [1.54, 1.807) is 6.07 Å². The van der Waals surface area contributed by atoms with Gasteiger partial charge in [0.25, 0.3) is 5.91 Å². The van der Waals surface area contributed by atoms with Crippen molar-refractivity contribution in [1.29, 1.82) is 5.26 Å². The minimum Gasteiger partial charge on any atom is -0.489 e. The van der Waals surface area contributed by atoms with Gasteiger partial charge in [0, 0.05) is 31.5 Å². The minimum atomic E-state index is -0.471. The monoisotopic (exact) mass is 331 g/mol. The second-order valence-electron chi connectivity index (χ2n) is 6.04. The molecule has 0 saturated carbocycles. The number of aliphatic hydroxyl groups is 1. The lowest BCUT2D eigenvalue weighted by Gasteiger charge is -2.28. The van der Waals surface area contributed by atoms with Crippen LogP contribution in [0.25, 0.3) is 0 Å². The molecule has 1 saturated heterocycles. The molecule has 2 aliphatic rings. The van der Waals surface area contributed by atoms with Crippen LogP contribution in [0.3, 0.4) is 0 Å². The molecule has 3 rings (SSSR count). The Kier molecular flexibility index (Phi) is 5.18. The maximum atomic E-state index is 12.6. The van der Waals surface area contributed by atoms with Gasteiger partial charge in [0.1, 0.15) is 0 Å². The predicted octanol–water partition coefficient (Wildman–Crippen LogP) is 0.420. The molecule has 2 atom stereocenters. The number of hydrogen-bond donors (Lipinski definition) is 3. The maximum Gasteiger partial charge on any atom is 0.255 e. The predicted molar refractivity (Wildman–Crippen MR) is 86.1 cm³/mol. The van der Waals surface area contributed by atoms with Crippen molar-refractivity contribution in [2.45, 2.75) is 18.9 Å². The summed E-state index contributed by atoms with van der Waals surface area (Å²) in [6.45, 7) is 2.70. The van der Waals surface area contributed by atoms with E-state index in [9.17, 15) is 9.90 Å². The molecule has 128 valence electrons. The number of nitriles is 1. The van der Waals surface area contributed by atoms with Crippen LogP contribution in [-0.2, 0) is 0 Å². The van der Waals surface area contributed by atoms with Gasteiger partial charge in [0.05, 0.1) is 36.5 Å². The summed E-state index contributed by atoms with van der Waals surface area (Å²) in [5, 5.41) is 25.1. The van der Waals surface area contributed by atoms with Crippen LogP contribution >= 0.6 is 0 Å². The molecule has 1 fully saturated rings. The van der Waals surface area contributed by atoms with E-state index in [1.807, 2.05) is 6.07 Å². The molecule has 0 bridgehead atoms. The highest BCUT2D eigenvalue weighted by Gasteiger charge is 2.25. The van der Waals surface area contributed by atoms with Crippen LogP contribution in [0, 0.1) is 17.2 Å². The van der Waals surface area contributed by atoms with Gasteiger partial charge in [-0.2, -0.15) is 5.26 Å². The van der Waals surface area contributed by atoms with Crippen LogP contribution in [0.5, 0.6) is 11.5 Å². The van der Waals surface area contributed by atoms with E-state index in [-0.39, 0.29) is 11.8 Å². The van der Waals surface area contributed by atoms with Crippen LogP contribution in [0.2, 0.25) is 0 Å². The van der Waals surface area contributed by atoms with E-state index < -0.39 is 6.10 Å². The first kappa shape index (κ1) is 16.6. The van der Waals surface area contributed by atoms with E-state index in [0.717, 1.165) is 19.4 Å². The zero-order chi connectivity index (χ0) is 16.9. The molecule has 0 aliphatic carbocycles. The summed E-state index contributed by atoms with van der Waals surface area (Å²) >= 11 is 0. The number of β-amino-alcohol motifs (C(OH)–C–C–N with tert-alkyl or cyclic N) is 1. The average molecular weight is 331 g/mol. The fraction of sp³-hybridized carbons (Fsp3) is 0.529. The van der Waals surface area contributed by atoms with Crippen LogP contribution in [0.4, 0.5) is 0 Å². The lowest BCUT2D eigenvalue weighted by molar-refractivity contribution is 0.0752. The number of benzene rings is 1. The van der Waals surface area contributed by atoms with Gasteiger partial charge in [-0.3, -0.25) is 4.79 Å². The first-order valence-electron chi connectivity index (χ1n) is 8.19. The topological polar surface area (TPSA) is 104 Å². The highest BCUT2D eigenvalue weighted by atomic mass is 16.5. The molecule has 24 heavy (non-hydrogen) atoms. The van der Waals surface area contributed by atoms with E-state index in [2.05, 4.69) is 10.6 Å². The first-order chi connectivity index (χ1) is 11.7. The lowest BCUT2D eigenvalue weighted by Crippen LogP contribution is -2.45. The van der Waals surface area contributed by atoms with E-state index in [4.69, 9.17) is 14.7 Å². The van der Waals surface area contributed by atoms with Gasteiger partial charge in [-0.05, 0) is 19.0 Å². The maximum absolute atomic E-state index is 12.6. The van der Waals surface area contributed by atoms with Crippen LogP contribution in [-0.4, -0.2) is 50.0 Å². The minimum absolute atomic E-state index is 0.0186. The Balaban J connectivity index is 1.77. The molecule has 7 heteroatoms. The Bertz CT molecular complexity index is 656. The Labute approximate surface area is 140 Å². The zero-order valence-corrected chi connectivity index (χ0v) is 13.4. The summed E-state index contributed by atoms with van der Waals surface area (Å²) in [6.07, 6.45) is 1.05. The van der Waals surface area contributed by atoms with Gasteiger partial charge in [-0.1, -0.05) is 0 Å². The molecular weight excluding hydrogens is 310 g/mol. The van der Waals surface area contributed by atoms with Gasteiger partial charge >= 0.3 is 0 Å². The fourth-order valence-electron chi connectivity index (χ4n) is 2.96. The molecule has 0 radical (unpaired) electrons. The normalized spacial score (nSPS) is 23.0. The third kappa shape index (κ3) is 3.61. The summed E-state index contributed by atoms with van der Waals surface area (Å²) in [5.74, 6) is 0.512. The first-order valence-corrected chi connectivity index (χ1v) is 8.19. The second kappa shape index (κ2) is 7.51. The number of aliphatic hydroxyl groups excluding tert-OH is 1. The number of piperidine rings is 1. The molecule has 3 N–H and O–H groups in total. The third-order valence-electron chi connectivity index (χ3n) is 4.34. The third-order valence-corrected chi connectivity index (χ3v) is 4.34. The fourth-order valence-corrected chi connectivity index (χ4v) is 2.96. The summed E-state index contributed by atoms with van der Waals surface area (Å²) < 4.78 is 11.2. The summed E-state index contributed by atoms with van der Waals surface area (Å²) in [6, 6.07) is 5.15. The lowest BCUT2D eigenvalue weighted by atomic mass is 9.95. The van der Waals surface area contributed by atoms with Crippen molar-refractivity contribution in [3.05, 3.63) is 23.3 Å². The van der Waals surface area contributed by atoms with Crippen LogP contribution in [0.1, 0.15) is 28.8 Å². The highest BCUT2D eigenvalue weighted by molar-refractivity contribution is 5.98. The van der Waals surface area contributed by atoms with Crippen molar-refractivity contribution in [2.24, 2.45) is 5.92 Å². The van der Waals surface area contributed by atoms with Crippen molar-refractivity contribution < 1.29 is 19.4 Å². The number of nitrogens with one attached hydrogen (secondary N) is 2. The summed E-state index contributed by atoms with van der Waals surface area (Å²) in [5.41, 5.74) is 0.653. The van der Waals surface area contributed by atoms with Gasteiger partial charge in [-0.15, -0.1) is 0 Å². The number of nitrogens with zero attached hydrogens (tertiary/aromatic N) is 1. The molecule has 1 amide bonds. The van der Waals surface area contributed by atoms with Gasteiger partial charge < -0.3 is 25.2 Å². The smallest absolute Gasteiger partial charge is 0.255 e. The highest BCUT2D eigenvalue weighted by Crippen LogP contribution is 2.34. The molecule has 2 aliphatic heterocycles. The SMILES string of the molecule is N#Cc1cc2c(c(C(=O)NC[C@@H]3CCNCC3O)c1)OCCCO2. The van der Waals surface area contributed by atoms with Crippen LogP contribution in [0.15, 0.2) is 12.1 Å². The number of carbonyl (C=O) groups is 1. The van der Waals surface area contributed by atoms with E-state index in [1.165, 1.54) is 6.07 Å².